The lowest BCUT2D eigenvalue weighted by Gasteiger charge is -2.34. The molecule has 1 N–H and O–H groups in total. The van der Waals surface area contributed by atoms with Crippen LogP contribution >= 0.6 is 0 Å². The molecule has 18 heavy (non-hydrogen) atoms. The maximum Gasteiger partial charge on any atom is 0.178 e. The highest BCUT2D eigenvalue weighted by atomic mass is 16.3. The summed E-state index contributed by atoms with van der Waals surface area (Å²) in [7, 11) is 0. The Morgan fingerprint density at radius 2 is 2.11 bits per heavy atom. The Bertz CT molecular complexity index is 406. The van der Waals surface area contributed by atoms with Gasteiger partial charge in [0.1, 0.15) is 5.69 Å². The van der Waals surface area contributed by atoms with E-state index in [-0.39, 0.29) is 11.9 Å². The predicted octanol–water partition coefficient (Wildman–Crippen LogP) is 1.88. The highest BCUT2D eigenvalue weighted by molar-refractivity contribution is 5.92. The molecule has 1 unspecified atom stereocenters. The van der Waals surface area contributed by atoms with Gasteiger partial charge >= 0.3 is 0 Å². The summed E-state index contributed by atoms with van der Waals surface area (Å²) in [4.78, 5) is 17.6. The summed E-state index contributed by atoms with van der Waals surface area (Å²) in [6, 6.07) is 3.73. The van der Waals surface area contributed by atoms with Gasteiger partial charge in [-0.25, -0.2) is 0 Å². The van der Waals surface area contributed by atoms with Gasteiger partial charge in [-0.1, -0.05) is 0 Å². The molecule has 1 atom stereocenters. The fourth-order valence-corrected chi connectivity index (χ4v) is 2.42. The molecular formula is C14H20N2O2. The monoisotopic (exact) mass is 248 g/mol. The van der Waals surface area contributed by atoms with Crippen LogP contribution in [0.3, 0.4) is 0 Å². The molecule has 0 bridgehead atoms. The Morgan fingerprint density at radius 3 is 2.56 bits per heavy atom. The van der Waals surface area contributed by atoms with Gasteiger partial charge in [0.15, 0.2) is 5.78 Å². The number of Topliss-reactive ketones (excluding diaryl/α,β-unsaturated/α-hetero) is 1. The van der Waals surface area contributed by atoms with Crippen molar-refractivity contribution in [3.63, 3.8) is 0 Å². The molecule has 0 spiro atoms. The minimum absolute atomic E-state index is 0.00522. The van der Waals surface area contributed by atoms with E-state index < -0.39 is 0 Å². The number of anilines is 1. The van der Waals surface area contributed by atoms with Crippen molar-refractivity contribution < 1.29 is 9.90 Å². The van der Waals surface area contributed by atoms with E-state index in [1.165, 1.54) is 6.92 Å². The van der Waals surface area contributed by atoms with E-state index >= 15 is 0 Å². The average Bonchev–Trinajstić information content (AvgIpc) is 2.39. The number of nitrogens with zero attached hydrogens (tertiary/aromatic N) is 2. The number of rotatable bonds is 3. The molecule has 0 aliphatic carbocycles. The molecule has 1 saturated heterocycles. The summed E-state index contributed by atoms with van der Waals surface area (Å²) in [6.45, 7) is 5.27. The topological polar surface area (TPSA) is 53.4 Å². The first kappa shape index (κ1) is 13.0. The van der Waals surface area contributed by atoms with Gasteiger partial charge in [0.05, 0.1) is 18.0 Å². The maximum atomic E-state index is 11.1. The normalized spacial score (nSPS) is 18.7. The van der Waals surface area contributed by atoms with Crippen molar-refractivity contribution in [1.82, 2.24) is 4.98 Å². The second-order valence-electron chi connectivity index (χ2n) is 5.02. The number of carbonyl (C=O) groups is 1. The van der Waals surface area contributed by atoms with Crippen LogP contribution in [0, 0.1) is 5.92 Å². The van der Waals surface area contributed by atoms with Crippen LogP contribution < -0.4 is 4.90 Å². The van der Waals surface area contributed by atoms with Crippen LogP contribution in [0.5, 0.6) is 0 Å². The SMILES string of the molecule is CC(=O)c1ccc(N2CCC(C(C)O)CC2)cn1. The third-order valence-corrected chi connectivity index (χ3v) is 3.70. The van der Waals surface area contributed by atoms with Crippen molar-refractivity contribution in [3.8, 4) is 0 Å². The Labute approximate surface area is 108 Å². The minimum Gasteiger partial charge on any atom is -0.393 e. The average molecular weight is 248 g/mol. The van der Waals surface area contributed by atoms with Gasteiger partial charge in [0.25, 0.3) is 0 Å². The van der Waals surface area contributed by atoms with E-state index in [4.69, 9.17) is 0 Å². The molecule has 1 aliphatic heterocycles. The molecule has 0 amide bonds. The molecule has 1 fully saturated rings. The smallest absolute Gasteiger partial charge is 0.178 e. The highest BCUT2D eigenvalue weighted by Gasteiger charge is 2.22. The van der Waals surface area contributed by atoms with Gasteiger partial charge in [0, 0.05) is 20.0 Å². The standard InChI is InChI=1S/C14H20N2O2/c1-10(17)12-5-7-16(8-6-12)13-3-4-14(11(2)18)15-9-13/h3-4,9-10,12,17H,5-8H2,1-2H3. The first-order valence-electron chi connectivity index (χ1n) is 6.48. The van der Waals surface area contributed by atoms with Gasteiger partial charge in [-0.2, -0.15) is 0 Å². The van der Waals surface area contributed by atoms with Crippen LogP contribution in [-0.2, 0) is 0 Å². The van der Waals surface area contributed by atoms with Gasteiger partial charge in [0.2, 0.25) is 0 Å². The molecule has 0 aromatic carbocycles. The number of ketones is 1. The van der Waals surface area contributed by atoms with Crippen LogP contribution in [-0.4, -0.2) is 35.1 Å². The summed E-state index contributed by atoms with van der Waals surface area (Å²) >= 11 is 0. The van der Waals surface area contributed by atoms with Crippen molar-refractivity contribution >= 4 is 11.5 Å². The minimum atomic E-state index is -0.217. The van der Waals surface area contributed by atoms with Crippen LogP contribution in [0.15, 0.2) is 18.3 Å². The second-order valence-corrected chi connectivity index (χ2v) is 5.02. The molecule has 1 aromatic rings. The number of hydrogen-bond donors (Lipinski definition) is 1. The summed E-state index contributed by atoms with van der Waals surface area (Å²) in [6.07, 6.45) is 3.56. The quantitative estimate of drug-likeness (QED) is 0.830. The largest absolute Gasteiger partial charge is 0.393 e. The zero-order valence-electron chi connectivity index (χ0n) is 11.0. The number of hydrogen-bond acceptors (Lipinski definition) is 4. The summed E-state index contributed by atoms with van der Waals surface area (Å²) in [5, 5.41) is 9.56. The Balaban J connectivity index is 1.99. The number of pyridine rings is 1. The van der Waals surface area contributed by atoms with Gasteiger partial charge in [-0.3, -0.25) is 9.78 Å². The molecule has 1 aromatic heterocycles. The molecular weight excluding hydrogens is 228 g/mol. The van der Waals surface area contributed by atoms with E-state index in [0.29, 0.717) is 11.6 Å². The first-order valence-corrected chi connectivity index (χ1v) is 6.48. The fourth-order valence-electron chi connectivity index (χ4n) is 2.42. The lowest BCUT2D eigenvalue weighted by atomic mass is 9.92. The molecule has 4 heteroatoms. The first-order chi connectivity index (χ1) is 8.58. The molecule has 2 rings (SSSR count). The van der Waals surface area contributed by atoms with Crippen molar-refractivity contribution in [1.29, 1.82) is 0 Å². The van der Waals surface area contributed by atoms with Crippen LogP contribution in [0.25, 0.3) is 0 Å². The highest BCUT2D eigenvalue weighted by Crippen LogP contribution is 2.24. The lowest BCUT2D eigenvalue weighted by molar-refractivity contribution is 0.101. The zero-order valence-corrected chi connectivity index (χ0v) is 11.0. The molecule has 1 aliphatic rings. The molecule has 98 valence electrons. The Morgan fingerprint density at radius 1 is 1.44 bits per heavy atom. The fraction of sp³-hybridized carbons (Fsp3) is 0.571. The number of piperidine rings is 1. The van der Waals surface area contributed by atoms with Gasteiger partial charge in [-0.15, -0.1) is 0 Å². The maximum absolute atomic E-state index is 11.1. The number of aliphatic hydroxyl groups excluding tert-OH is 1. The molecule has 2 heterocycles. The van der Waals surface area contributed by atoms with Crippen molar-refractivity contribution in [3.05, 3.63) is 24.0 Å². The van der Waals surface area contributed by atoms with Crippen LogP contribution in [0.4, 0.5) is 5.69 Å². The zero-order chi connectivity index (χ0) is 13.1. The summed E-state index contributed by atoms with van der Waals surface area (Å²) in [5.74, 6) is 0.403. The third kappa shape index (κ3) is 2.88. The van der Waals surface area contributed by atoms with Crippen molar-refractivity contribution in [2.75, 3.05) is 18.0 Å². The van der Waals surface area contributed by atoms with E-state index in [0.717, 1.165) is 31.6 Å². The predicted molar refractivity (Wildman–Crippen MR) is 70.9 cm³/mol. The third-order valence-electron chi connectivity index (χ3n) is 3.70. The van der Waals surface area contributed by atoms with Crippen LogP contribution in [0.2, 0.25) is 0 Å². The number of aromatic nitrogens is 1. The van der Waals surface area contributed by atoms with E-state index in [1.54, 1.807) is 12.3 Å². The Hall–Kier alpha value is -1.42. The second kappa shape index (κ2) is 5.48. The van der Waals surface area contributed by atoms with E-state index in [2.05, 4.69) is 9.88 Å². The molecule has 4 nitrogen and oxygen atoms in total. The van der Waals surface area contributed by atoms with Crippen molar-refractivity contribution in [2.24, 2.45) is 5.92 Å². The van der Waals surface area contributed by atoms with Crippen LogP contribution in [0.1, 0.15) is 37.2 Å². The van der Waals surface area contributed by atoms with E-state index in [9.17, 15) is 9.90 Å². The summed E-state index contributed by atoms with van der Waals surface area (Å²) < 4.78 is 0. The van der Waals surface area contributed by atoms with Gasteiger partial charge < -0.3 is 10.0 Å². The Kier molecular flexibility index (Phi) is 3.97. The number of aliphatic hydroxyl groups is 1. The number of carbonyl (C=O) groups excluding carboxylic acids is 1. The molecule has 0 saturated carbocycles. The van der Waals surface area contributed by atoms with Gasteiger partial charge in [-0.05, 0) is 37.8 Å². The lowest BCUT2D eigenvalue weighted by Crippen LogP contribution is -2.37. The van der Waals surface area contributed by atoms with Crippen molar-refractivity contribution in [2.45, 2.75) is 32.8 Å². The summed E-state index contributed by atoms with van der Waals surface area (Å²) in [5.41, 5.74) is 1.57. The van der Waals surface area contributed by atoms with E-state index in [1.807, 2.05) is 13.0 Å². The molecule has 0 radical (unpaired) electrons.